The molecule has 249 valence electrons. The number of rotatable bonds is 13. The Morgan fingerprint density at radius 3 is 2.47 bits per heavy atom. The number of carbonyl (C=O) groups is 1. The second-order valence-electron chi connectivity index (χ2n) is 14.0. The van der Waals surface area contributed by atoms with Crippen molar-refractivity contribution in [1.29, 1.82) is 0 Å². The summed E-state index contributed by atoms with van der Waals surface area (Å²) in [4.78, 5) is 15.5. The van der Waals surface area contributed by atoms with Crippen molar-refractivity contribution in [3.05, 3.63) is 63.7 Å². The highest BCUT2D eigenvalue weighted by molar-refractivity contribution is 6.96. The fraction of sp³-hybridized carbons (Fsp3) is 0.629. The summed E-state index contributed by atoms with van der Waals surface area (Å²) in [5.41, 5.74) is 4.08. The van der Waals surface area contributed by atoms with Crippen molar-refractivity contribution >= 4 is 31.3 Å². The van der Waals surface area contributed by atoms with E-state index >= 15 is 0 Å². The molecule has 2 aromatic rings. The van der Waals surface area contributed by atoms with Gasteiger partial charge in [-0.3, -0.25) is 4.79 Å². The SMILES string of the molecule is Cc1ccc(Cl)cc1[C@@H](CCN1CCC(C)(C)C1)CCN(C)[Si](C(=O)O)c1cccc(C)c1C1CCC(OCC(F)(F)F)CC1. The molecule has 1 aliphatic carbocycles. The van der Waals surface area contributed by atoms with Crippen molar-refractivity contribution in [2.75, 3.05) is 39.8 Å². The first-order valence-corrected chi connectivity index (χ1v) is 18.0. The number of alkyl halides is 3. The Morgan fingerprint density at radius 1 is 1.13 bits per heavy atom. The zero-order valence-corrected chi connectivity index (χ0v) is 29.1. The van der Waals surface area contributed by atoms with E-state index in [0.717, 1.165) is 53.8 Å². The fourth-order valence-corrected chi connectivity index (χ4v) is 9.78. The molecule has 1 N–H and O–H groups in total. The van der Waals surface area contributed by atoms with Crippen LogP contribution >= 0.6 is 11.6 Å². The van der Waals surface area contributed by atoms with E-state index in [0.29, 0.717) is 37.6 Å². The lowest BCUT2D eigenvalue weighted by atomic mass is 9.81. The van der Waals surface area contributed by atoms with Crippen LogP contribution in [-0.4, -0.2) is 81.2 Å². The maximum atomic E-state index is 12.9. The third-order valence-electron chi connectivity index (χ3n) is 9.77. The van der Waals surface area contributed by atoms with Crippen molar-refractivity contribution in [3.63, 3.8) is 0 Å². The average molecular weight is 666 g/mol. The standard InChI is InChI=1S/C35H49ClF3N2O3Si/c1-24-9-12-28(36)21-30(24)26(16-19-41-20-17-34(3,4)22-41)15-18-40(5)45(33(42)43)31-8-6-7-25(2)32(31)27-10-13-29(14-11-27)44-23-35(37,38)39/h6-9,12,21,26-27,29H,10-11,13-20,22-23H2,1-5H3,(H,42,43)/t26-,27?,29?/m1/s1. The minimum atomic E-state index is -4.33. The van der Waals surface area contributed by atoms with Gasteiger partial charge < -0.3 is 19.3 Å². The lowest BCUT2D eigenvalue weighted by Crippen LogP contribution is -2.54. The van der Waals surface area contributed by atoms with Crippen LogP contribution < -0.4 is 5.19 Å². The Balaban J connectivity index is 1.50. The van der Waals surface area contributed by atoms with Crippen LogP contribution in [0.4, 0.5) is 18.0 Å². The van der Waals surface area contributed by atoms with Gasteiger partial charge in [-0.2, -0.15) is 13.2 Å². The Hall–Kier alpha value is -1.91. The number of aryl methyl sites for hydroxylation is 2. The van der Waals surface area contributed by atoms with Gasteiger partial charge in [-0.15, -0.1) is 0 Å². The summed E-state index contributed by atoms with van der Waals surface area (Å²) in [6.45, 7) is 11.4. The summed E-state index contributed by atoms with van der Waals surface area (Å²) < 4.78 is 45.3. The third kappa shape index (κ3) is 10.0. The van der Waals surface area contributed by atoms with Crippen LogP contribution in [0.25, 0.3) is 0 Å². The molecule has 2 fully saturated rings. The Labute approximate surface area is 273 Å². The summed E-state index contributed by atoms with van der Waals surface area (Å²) in [6.07, 6.45) is 0.684. The predicted molar refractivity (Wildman–Crippen MR) is 177 cm³/mol. The van der Waals surface area contributed by atoms with Gasteiger partial charge in [0.05, 0.1) is 6.10 Å². The lowest BCUT2D eigenvalue weighted by Gasteiger charge is -2.33. The maximum Gasteiger partial charge on any atom is 0.411 e. The molecule has 1 saturated carbocycles. The first-order chi connectivity index (χ1) is 21.1. The molecular weight excluding hydrogens is 617 g/mol. The summed E-state index contributed by atoms with van der Waals surface area (Å²) in [5, 5.41) is 12.2. The number of nitrogens with zero attached hydrogens (tertiary/aromatic N) is 2. The van der Waals surface area contributed by atoms with Gasteiger partial charge >= 0.3 is 15.1 Å². The van der Waals surface area contributed by atoms with Crippen molar-refractivity contribution < 1.29 is 27.8 Å². The van der Waals surface area contributed by atoms with Gasteiger partial charge in [0, 0.05) is 11.6 Å². The van der Waals surface area contributed by atoms with Gasteiger partial charge in [-0.25, -0.2) is 0 Å². The number of carboxylic acid groups (broad SMARTS) is 1. The van der Waals surface area contributed by atoms with Gasteiger partial charge in [0.15, 0.2) is 0 Å². The second kappa shape index (κ2) is 15.3. The highest BCUT2D eigenvalue weighted by Gasteiger charge is 2.36. The summed E-state index contributed by atoms with van der Waals surface area (Å²) >= 11 is 6.46. The molecule has 1 aliphatic heterocycles. The molecule has 1 saturated heterocycles. The molecule has 0 amide bonds. The van der Waals surface area contributed by atoms with Gasteiger partial charge in [0.25, 0.3) is 5.59 Å². The summed E-state index contributed by atoms with van der Waals surface area (Å²) in [7, 11) is -0.234. The molecule has 0 spiro atoms. The van der Waals surface area contributed by atoms with Crippen LogP contribution in [0.15, 0.2) is 36.4 Å². The van der Waals surface area contributed by atoms with Crippen LogP contribution in [0.1, 0.15) is 92.9 Å². The van der Waals surface area contributed by atoms with Crippen LogP contribution in [-0.2, 0) is 4.74 Å². The number of hydrogen-bond acceptors (Lipinski definition) is 4. The first-order valence-electron chi connectivity index (χ1n) is 16.2. The Morgan fingerprint density at radius 2 is 1.84 bits per heavy atom. The first kappa shape index (κ1) is 35.9. The Bertz CT molecular complexity index is 1300. The zero-order valence-electron chi connectivity index (χ0n) is 27.4. The number of halogens is 4. The van der Waals surface area contributed by atoms with E-state index in [-0.39, 0.29) is 11.8 Å². The third-order valence-corrected chi connectivity index (χ3v) is 12.3. The Kier molecular flexibility index (Phi) is 12.2. The normalized spacial score (nSPS) is 21.5. The fourth-order valence-electron chi connectivity index (χ4n) is 7.36. The number of benzene rings is 2. The molecule has 1 radical (unpaired) electrons. The van der Waals surface area contributed by atoms with E-state index in [1.807, 2.05) is 38.2 Å². The molecule has 0 unspecified atom stereocenters. The van der Waals surface area contributed by atoms with E-state index in [9.17, 15) is 23.1 Å². The van der Waals surface area contributed by atoms with E-state index in [1.54, 1.807) is 0 Å². The van der Waals surface area contributed by atoms with E-state index in [4.69, 9.17) is 16.3 Å². The average Bonchev–Trinajstić information content (AvgIpc) is 3.31. The molecule has 1 atom stereocenters. The topological polar surface area (TPSA) is 53.0 Å². The smallest absolute Gasteiger partial charge is 0.411 e. The van der Waals surface area contributed by atoms with E-state index in [1.165, 1.54) is 17.5 Å². The number of hydrogen-bond donors (Lipinski definition) is 1. The molecule has 2 aromatic carbocycles. The number of likely N-dealkylation sites (tertiary alicyclic amines) is 1. The quantitative estimate of drug-likeness (QED) is 0.219. The predicted octanol–water partition coefficient (Wildman–Crippen LogP) is 8.25. The molecule has 10 heteroatoms. The molecule has 4 rings (SSSR count). The van der Waals surface area contributed by atoms with Crippen molar-refractivity contribution in [1.82, 2.24) is 9.47 Å². The molecular formula is C35H49ClF3N2O3Si. The molecule has 1 heterocycles. The highest BCUT2D eigenvalue weighted by atomic mass is 35.5. The maximum absolute atomic E-state index is 12.9. The van der Waals surface area contributed by atoms with Crippen LogP contribution in [0.3, 0.4) is 0 Å². The van der Waals surface area contributed by atoms with Crippen molar-refractivity contribution in [3.8, 4) is 0 Å². The minimum absolute atomic E-state index is 0.103. The second-order valence-corrected chi connectivity index (χ2v) is 16.8. The van der Waals surface area contributed by atoms with Crippen LogP contribution in [0, 0.1) is 19.3 Å². The molecule has 45 heavy (non-hydrogen) atoms. The minimum Gasteiger partial charge on any atom is -0.484 e. The van der Waals surface area contributed by atoms with Gasteiger partial charge in [0.1, 0.15) is 6.61 Å². The van der Waals surface area contributed by atoms with Crippen LogP contribution in [0.2, 0.25) is 5.02 Å². The molecule has 0 aromatic heterocycles. The number of ether oxygens (including phenoxy) is 1. The lowest BCUT2D eigenvalue weighted by molar-refractivity contribution is -0.188. The monoisotopic (exact) mass is 665 g/mol. The molecule has 2 aliphatic rings. The summed E-state index contributed by atoms with van der Waals surface area (Å²) in [6, 6.07) is 12.0. The summed E-state index contributed by atoms with van der Waals surface area (Å²) in [5.74, 6) is 0.349. The van der Waals surface area contributed by atoms with E-state index in [2.05, 4.69) is 42.4 Å². The van der Waals surface area contributed by atoms with Crippen LogP contribution in [0.5, 0.6) is 0 Å². The van der Waals surface area contributed by atoms with Crippen molar-refractivity contribution in [2.24, 2.45) is 5.41 Å². The zero-order chi connectivity index (χ0) is 32.9. The van der Waals surface area contributed by atoms with Gasteiger partial charge in [0.2, 0.25) is 0 Å². The molecule has 5 nitrogen and oxygen atoms in total. The largest absolute Gasteiger partial charge is 0.484 e. The van der Waals surface area contributed by atoms with Gasteiger partial charge in [-0.05, 0) is 142 Å². The highest BCUT2D eigenvalue weighted by Crippen LogP contribution is 2.36. The van der Waals surface area contributed by atoms with Crippen molar-refractivity contribution in [2.45, 2.75) is 96.8 Å². The van der Waals surface area contributed by atoms with E-state index < -0.39 is 33.4 Å². The van der Waals surface area contributed by atoms with Gasteiger partial charge in [-0.1, -0.05) is 49.7 Å². The molecule has 0 bridgehead atoms.